The van der Waals surface area contributed by atoms with E-state index in [4.69, 9.17) is 16.2 Å². The molecule has 0 spiro atoms. The van der Waals surface area contributed by atoms with Gasteiger partial charge < -0.3 is 26.4 Å². The number of nitrogens with zero attached hydrogens (tertiary/aromatic N) is 4. The van der Waals surface area contributed by atoms with Crippen LogP contribution >= 0.6 is 0 Å². The fourth-order valence-corrected chi connectivity index (χ4v) is 4.35. The first-order valence-electron chi connectivity index (χ1n) is 12.5. The predicted molar refractivity (Wildman–Crippen MR) is 148 cm³/mol. The van der Waals surface area contributed by atoms with Crippen molar-refractivity contribution in [3.05, 3.63) is 78.1 Å². The Morgan fingerprint density at radius 1 is 1.18 bits per heavy atom. The van der Waals surface area contributed by atoms with Crippen molar-refractivity contribution in [1.82, 2.24) is 20.2 Å². The number of rotatable bonds is 9. The molecule has 1 fully saturated rings. The summed E-state index contributed by atoms with van der Waals surface area (Å²) in [5.41, 5.74) is 12.6. The number of likely N-dealkylation sites (tertiary alicyclic amines) is 1. The zero-order chi connectivity index (χ0) is 27.8. The number of ether oxygens (including phenoxy) is 1. The molecule has 1 saturated heterocycles. The number of halogens is 2. The van der Waals surface area contributed by atoms with Crippen LogP contribution in [0, 0.1) is 5.92 Å². The molecule has 4 rings (SSSR count). The molecule has 5 N–H and O–H groups in total. The van der Waals surface area contributed by atoms with E-state index < -0.39 is 12.5 Å². The summed E-state index contributed by atoms with van der Waals surface area (Å²) in [5.74, 6) is -0.264. The van der Waals surface area contributed by atoms with Crippen LogP contribution in [0.25, 0.3) is 22.0 Å². The smallest absolute Gasteiger partial charge is 0.387 e. The van der Waals surface area contributed by atoms with Gasteiger partial charge in [0.15, 0.2) is 5.82 Å². The highest BCUT2D eigenvalue weighted by Gasteiger charge is 2.21. The molecule has 2 aromatic carbocycles. The van der Waals surface area contributed by atoms with Crippen LogP contribution in [0.3, 0.4) is 0 Å². The number of carbonyl (C=O) groups excluding carboxylic acids is 1. The number of allylic oxidation sites excluding steroid dienone is 1. The molecule has 0 radical (unpaired) electrons. The number of hydrogen-bond acceptors (Lipinski definition) is 8. The van der Waals surface area contributed by atoms with E-state index in [9.17, 15) is 13.6 Å². The van der Waals surface area contributed by atoms with Gasteiger partial charge in [0.05, 0.1) is 17.0 Å². The number of fused-ring (bicyclic) bond motifs is 1. The highest BCUT2D eigenvalue weighted by Crippen LogP contribution is 2.31. The maximum absolute atomic E-state index is 13.3. The lowest BCUT2D eigenvalue weighted by Gasteiger charge is -2.27. The zero-order valence-electron chi connectivity index (χ0n) is 21.6. The summed E-state index contributed by atoms with van der Waals surface area (Å²) in [4.78, 5) is 28.2. The maximum Gasteiger partial charge on any atom is 0.387 e. The summed E-state index contributed by atoms with van der Waals surface area (Å²) in [7, 11) is 2.08. The maximum atomic E-state index is 13.3. The number of alkyl halides is 2. The Hall–Kier alpha value is -4.38. The number of nitrogens with two attached hydrogens (primary N) is 2. The summed E-state index contributed by atoms with van der Waals surface area (Å²) in [6.45, 7) is -0.583. The lowest BCUT2D eigenvalue weighted by atomic mass is 9.97. The number of piperidine rings is 1. The van der Waals surface area contributed by atoms with Gasteiger partial charge in [-0.05, 0) is 67.9 Å². The number of nitrogens with one attached hydrogen (secondary N) is 1. The first-order valence-corrected chi connectivity index (χ1v) is 12.5. The molecule has 11 heteroatoms. The Morgan fingerprint density at radius 3 is 2.49 bits per heavy atom. The topological polar surface area (TPSA) is 132 Å². The van der Waals surface area contributed by atoms with Gasteiger partial charge in [0, 0.05) is 36.9 Å². The monoisotopic (exact) mass is 535 g/mol. The van der Waals surface area contributed by atoms with Crippen molar-refractivity contribution < 1.29 is 18.3 Å². The van der Waals surface area contributed by atoms with Crippen molar-refractivity contribution >= 4 is 34.2 Å². The molecule has 0 unspecified atom stereocenters. The summed E-state index contributed by atoms with van der Waals surface area (Å²) < 4.78 is 31.5. The van der Waals surface area contributed by atoms with E-state index in [-0.39, 0.29) is 34.1 Å². The van der Waals surface area contributed by atoms with Crippen molar-refractivity contribution in [1.29, 1.82) is 0 Å². The number of benzene rings is 2. The Bertz CT molecular complexity index is 1390. The lowest BCUT2D eigenvalue weighted by molar-refractivity contribution is -0.114. The van der Waals surface area contributed by atoms with Crippen LogP contribution in [0.15, 0.2) is 71.7 Å². The third-order valence-electron chi connectivity index (χ3n) is 6.53. The van der Waals surface area contributed by atoms with Gasteiger partial charge in [-0.2, -0.15) is 8.78 Å². The van der Waals surface area contributed by atoms with Crippen LogP contribution in [0.5, 0.6) is 5.75 Å². The standard InChI is InChI=1S/C28H31F2N7O2/c1-37-11-7-18(8-12-37)16-33-17-23(36-27(38)22(15-31)26-34-9-4-10-35-26)25(32)21-13-19-5-2-3-6-20(19)14-24(21)39-28(29)30/h2-6,9-10,13-15,17-18,28H,7-8,11-12,16,31-32H2,1H3,(H,36,38). The Morgan fingerprint density at radius 2 is 1.85 bits per heavy atom. The summed E-state index contributed by atoms with van der Waals surface area (Å²) in [5, 5.41) is 4.18. The SMILES string of the molecule is CN1CCC(CN=CC(NC(=O)C(=CN)c2ncccn2)=C(N)c2cc3ccccc3cc2OC(F)F)CC1. The molecule has 0 bridgehead atoms. The minimum atomic E-state index is -3.07. The summed E-state index contributed by atoms with van der Waals surface area (Å²) >= 11 is 0. The van der Waals surface area contributed by atoms with Gasteiger partial charge in [0.1, 0.15) is 5.75 Å². The van der Waals surface area contributed by atoms with E-state index in [2.05, 4.69) is 32.2 Å². The molecule has 39 heavy (non-hydrogen) atoms. The van der Waals surface area contributed by atoms with Gasteiger partial charge in [-0.3, -0.25) is 9.79 Å². The number of hydrogen-bond donors (Lipinski definition) is 3. The molecule has 1 aromatic heterocycles. The van der Waals surface area contributed by atoms with Crippen LogP contribution in [0.2, 0.25) is 0 Å². The van der Waals surface area contributed by atoms with Crippen molar-refractivity contribution in [3.8, 4) is 5.75 Å². The molecule has 2 heterocycles. The third-order valence-corrected chi connectivity index (χ3v) is 6.53. The van der Waals surface area contributed by atoms with E-state index in [1.54, 1.807) is 24.3 Å². The fraction of sp³-hybridized carbons (Fsp3) is 0.286. The van der Waals surface area contributed by atoms with Gasteiger partial charge in [-0.25, -0.2) is 9.97 Å². The molecule has 0 aliphatic carbocycles. The summed E-state index contributed by atoms with van der Waals surface area (Å²) in [6.07, 6.45) is 7.50. The average molecular weight is 536 g/mol. The Kier molecular flexibility index (Phi) is 9.16. The van der Waals surface area contributed by atoms with E-state index in [0.29, 0.717) is 17.8 Å². The molecule has 0 atom stereocenters. The predicted octanol–water partition coefficient (Wildman–Crippen LogP) is 3.39. The minimum Gasteiger partial charge on any atom is -0.434 e. The lowest BCUT2D eigenvalue weighted by Crippen LogP contribution is -2.31. The summed E-state index contributed by atoms with van der Waals surface area (Å²) in [6, 6.07) is 12.0. The number of aliphatic imine (C=N–C) groups is 1. The number of amides is 1. The molecule has 9 nitrogen and oxygen atoms in total. The number of carbonyl (C=O) groups is 1. The number of aromatic nitrogens is 2. The van der Waals surface area contributed by atoms with Crippen molar-refractivity contribution in [2.24, 2.45) is 22.4 Å². The Labute approximate surface area is 225 Å². The highest BCUT2D eigenvalue weighted by atomic mass is 19.3. The second-order valence-electron chi connectivity index (χ2n) is 9.25. The van der Waals surface area contributed by atoms with Gasteiger partial charge >= 0.3 is 6.61 Å². The highest BCUT2D eigenvalue weighted by molar-refractivity contribution is 6.20. The molecule has 1 aliphatic rings. The van der Waals surface area contributed by atoms with Gasteiger partial charge in [0.25, 0.3) is 5.91 Å². The van der Waals surface area contributed by atoms with Crippen LogP contribution in [0.4, 0.5) is 8.78 Å². The molecule has 204 valence electrons. The Balaban J connectivity index is 1.73. The quantitative estimate of drug-likeness (QED) is 0.283. The second-order valence-corrected chi connectivity index (χ2v) is 9.25. The van der Waals surface area contributed by atoms with Crippen molar-refractivity contribution in [2.45, 2.75) is 19.5 Å². The molecule has 0 saturated carbocycles. The molecular formula is C28H31F2N7O2. The zero-order valence-corrected chi connectivity index (χ0v) is 21.6. The second kappa shape index (κ2) is 12.9. The van der Waals surface area contributed by atoms with Crippen molar-refractivity contribution in [2.75, 3.05) is 26.7 Å². The molecule has 3 aromatic rings. The normalized spacial score (nSPS) is 16.1. The molecular weight excluding hydrogens is 504 g/mol. The first kappa shape index (κ1) is 27.6. The van der Waals surface area contributed by atoms with Gasteiger partial charge in [-0.15, -0.1) is 0 Å². The average Bonchev–Trinajstić information content (AvgIpc) is 2.93. The van der Waals surface area contributed by atoms with E-state index in [1.165, 1.54) is 24.7 Å². The van der Waals surface area contributed by atoms with E-state index in [1.807, 2.05) is 12.1 Å². The minimum absolute atomic E-state index is 0.00207. The van der Waals surface area contributed by atoms with Gasteiger partial charge in [0.2, 0.25) is 0 Å². The van der Waals surface area contributed by atoms with Crippen LogP contribution in [-0.4, -0.2) is 60.3 Å². The van der Waals surface area contributed by atoms with Crippen LogP contribution < -0.4 is 21.5 Å². The van der Waals surface area contributed by atoms with Crippen molar-refractivity contribution in [3.63, 3.8) is 0 Å². The first-order chi connectivity index (χ1) is 18.9. The largest absolute Gasteiger partial charge is 0.434 e. The third kappa shape index (κ3) is 7.14. The molecule has 1 aliphatic heterocycles. The molecule has 1 amide bonds. The van der Waals surface area contributed by atoms with E-state index >= 15 is 0 Å². The van der Waals surface area contributed by atoms with Crippen LogP contribution in [-0.2, 0) is 4.79 Å². The van der Waals surface area contributed by atoms with Crippen LogP contribution in [0.1, 0.15) is 24.2 Å². The van der Waals surface area contributed by atoms with E-state index in [0.717, 1.165) is 37.5 Å². The fourth-order valence-electron chi connectivity index (χ4n) is 4.35. The van der Waals surface area contributed by atoms with Gasteiger partial charge in [-0.1, -0.05) is 24.3 Å².